The molecule has 1 saturated carbocycles. The van der Waals surface area contributed by atoms with Crippen molar-refractivity contribution in [2.75, 3.05) is 11.9 Å². The van der Waals surface area contributed by atoms with Crippen LogP contribution in [0.1, 0.15) is 44.1 Å². The van der Waals surface area contributed by atoms with Crippen LogP contribution >= 0.6 is 0 Å². The van der Waals surface area contributed by atoms with Crippen molar-refractivity contribution in [3.8, 4) is 0 Å². The Morgan fingerprint density at radius 1 is 1.10 bits per heavy atom. The summed E-state index contributed by atoms with van der Waals surface area (Å²) in [5, 5.41) is 16.9. The molecule has 3 rings (SSSR count). The van der Waals surface area contributed by atoms with Gasteiger partial charge in [0.05, 0.1) is 6.61 Å². The van der Waals surface area contributed by atoms with Crippen LogP contribution in [0.25, 0.3) is 0 Å². The van der Waals surface area contributed by atoms with Gasteiger partial charge in [-0.1, -0.05) is 31.0 Å². The topological polar surface area (TPSA) is 44.3 Å². The zero-order valence-electron chi connectivity index (χ0n) is 12.1. The molecular formula is C17H26N2O. The van der Waals surface area contributed by atoms with E-state index in [2.05, 4.69) is 16.7 Å². The Hall–Kier alpha value is -1.06. The molecule has 1 saturated heterocycles. The number of para-hydroxylation sites is 1. The summed E-state index contributed by atoms with van der Waals surface area (Å²) in [4.78, 5) is 0. The van der Waals surface area contributed by atoms with Crippen LogP contribution in [0.2, 0.25) is 0 Å². The molecule has 3 heteroatoms. The van der Waals surface area contributed by atoms with E-state index in [1.807, 2.05) is 18.2 Å². The second-order valence-corrected chi connectivity index (χ2v) is 6.22. The highest BCUT2D eigenvalue weighted by Crippen LogP contribution is 2.33. The highest BCUT2D eigenvalue weighted by atomic mass is 16.3. The standard InChI is InChI=1S/C17H26N2O/c20-12-13-6-1-3-8-15(13)19-17-9-4-2-7-14(17)16-10-5-11-18-16/h1,3,6,8,14,16-20H,2,4-5,7,9-12H2. The summed E-state index contributed by atoms with van der Waals surface area (Å²) >= 11 is 0. The fourth-order valence-corrected chi connectivity index (χ4v) is 3.90. The first-order valence-electron chi connectivity index (χ1n) is 8.07. The summed E-state index contributed by atoms with van der Waals surface area (Å²) in [5.41, 5.74) is 2.13. The maximum atomic E-state index is 9.47. The lowest BCUT2D eigenvalue weighted by atomic mass is 9.79. The van der Waals surface area contributed by atoms with Crippen molar-refractivity contribution in [2.24, 2.45) is 5.92 Å². The summed E-state index contributed by atoms with van der Waals surface area (Å²) in [6.07, 6.45) is 7.91. The minimum Gasteiger partial charge on any atom is -0.392 e. The molecule has 3 N–H and O–H groups in total. The van der Waals surface area contributed by atoms with E-state index in [1.54, 1.807) is 0 Å². The molecule has 0 aromatic heterocycles. The smallest absolute Gasteiger partial charge is 0.0701 e. The predicted octanol–water partition coefficient (Wildman–Crippen LogP) is 2.90. The number of aliphatic hydroxyl groups is 1. The average Bonchev–Trinajstić information content (AvgIpc) is 3.02. The molecule has 3 unspecified atom stereocenters. The van der Waals surface area contributed by atoms with Crippen LogP contribution in [0.5, 0.6) is 0 Å². The van der Waals surface area contributed by atoms with E-state index in [4.69, 9.17) is 0 Å². The highest BCUT2D eigenvalue weighted by molar-refractivity contribution is 5.51. The first-order chi connectivity index (χ1) is 9.88. The number of rotatable bonds is 4. The van der Waals surface area contributed by atoms with Gasteiger partial charge in [-0.05, 0) is 44.2 Å². The lowest BCUT2D eigenvalue weighted by molar-refractivity contribution is 0.261. The molecule has 0 radical (unpaired) electrons. The van der Waals surface area contributed by atoms with Gasteiger partial charge >= 0.3 is 0 Å². The maximum Gasteiger partial charge on any atom is 0.0701 e. The van der Waals surface area contributed by atoms with Crippen LogP contribution in [0.3, 0.4) is 0 Å². The summed E-state index contributed by atoms with van der Waals surface area (Å²) in [5.74, 6) is 0.734. The van der Waals surface area contributed by atoms with E-state index >= 15 is 0 Å². The highest BCUT2D eigenvalue weighted by Gasteiger charge is 2.33. The van der Waals surface area contributed by atoms with Crippen molar-refractivity contribution in [1.29, 1.82) is 0 Å². The molecule has 0 amide bonds. The molecule has 1 aliphatic heterocycles. The first kappa shape index (κ1) is 13.9. The molecule has 1 aromatic carbocycles. The van der Waals surface area contributed by atoms with Gasteiger partial charge in [0.2, 0.25) is 0 Å². The van der Waals surface area contributed by atoms with Gasteiger partial charge in [-0.25, -0.2) is 0 Å². The second-order valence-electron chi connectivity index (χ2n) is 6.22. The fraction of sp³-hybridized carbons (Fsp3) is 0.647. The fourth-order valence-electron chi connectivity index (χ4n) is 3.90. The Kier molecular flexibility index (Phi) is 4.58. The summed E-state index contributed by atoms with van der Waals surface area (Å²) in [7, 11) is 0. The van der Waals surface area contributed by atoms with Crippen LogP contribution in [-0.4, -0.2) is 23.7 Å². The van der Waals surface area contributed by atoms with Gasteiger partial charge < -0.3 is 15.7 Å². The van der Waals surface area contributed by atoms with E-state index in [9.17, 15) is 5.11 Å². The Bertz CT molecular complexity index is 429. The molecule has 1 aromatic rings. The molecule has 110 valence electrons. The van der Waals surface area contributed by atoms with Gasteiger partial charge in [-0.2, -0.15) is 0 Å². The van der Waals surface area contributed by atoms with E-state index in [0.29, 0.717) is 12.1 Å². The van der Waals surface area contributed by atoms with Crippen LogP contribution in [-0.2, 0) is 6.61 Å². The number of hydrogen-bond donors (Lipinski definition) is 3. The van der Waals surface area contributed by atoms with Gasteiger partial charge in [0, 0.05) is 23.3 Å². The third-order valence-corrected chi connectivity index (χ3v) is 4.96. The maximum absolute atomic E-state index is 9.47. The van der Waals surface area contributed by atoms with Gasteiger partial charge in [0.1, 0.15) is 0 Å². The molecule has 0 spiro atoms. The summed E-state index contributed by atoms with van der Waals surface area (Å²) in [6.45, 7) is 1.29. The van der Waals surface area contributed by atoms with E-state index in [1.165, 1.54) is 45.1 Å². The monoisotopic (exact) mass is 274 g/mol. The minimum atomic E-state index is 0.113. The minimum absolute atomic E-state index is 0.113. The van der Waals surface area contributed by atoms with Gasteiger partial charge in [-0.3, -0.25) is 0 Å². The van der Waals surface area contributed by atoms with Crippen LogP contribution in [0.4, 0.5) is 5.69 Å². The largest absolute Gasteiger partial charge is 0.392 e. The van der Waals surface area contributed by atoms with Gasteiger partial charge in [0.15, 0.2) is 0 Å². The average molecular weight is 274 g/mol. The number of nitrogens with one attached hydrogen (secondary N) is 2. The second kappa shape index (κ2) is 6.59. The Labute approximate surface area is 121 Å². The van der Waals surface area contributed by atoms with Crippen molar-refractivity contribution in [3.63, 3.8) is 0 Å². The lowest BCUT2D eigenvalue weighted by Crippen LogP contribution is -2.43. The number of anilines is 1. The van der Waals surface area contributed by atoms with Gasteiger partial charge in [-0.15, -0.1) is 0 Å². The molecule has 2 aliphatic rings. The lowest BCUT2D eigenvalue weighted by Gasteiger charge is -2.37. The molecule has 1 aliphatic carbocycles. The Morgan fingerprint density at radius 3 is 2.75 bits per heavy atom. The molecule has 3 atom stereocenters. The predicted molar refractivity (Wildman–Crippen MR) is 82.8 cm³/mol. The van der Waals surface area contributed by atoms with Crippen LogP contribution in [0, 0.1) is 5.92 Å². The SMILES string of the molecule is OCc1ccccc1NC1CCCCC1C1CCCN1. The molecule has 3 nitrogen and oxygen atoms in total. The van der Waals surface area contributed by atoms with Crippen molar-refractivity contribution in [2.45, 2.75) is 57.2 Å². The van der Waals surface area contributed by atoms with Crippen molar-refractivity contribution in [1.82, 2.24) is 5.32 Å². The number of aliphatic hydroxyl groups excluding tert-OH is 1. The first-order valence-corrected chi connectivity index (χ1v) is 8.07. The van der Waals surface area contributed by atoms with Crippen molar-refractivity contribution in [3.05, 3.63) is 29.8 Å². The molecular weight excluding hydrogens is 248 g/mol. The Balaban J connectivity index is 1.73. The molecule has 1 heterocycles. The quantitative estimate of drug-likeness (QED) is 0.791. The summed E-state index contributed by atoms with van der Waals surface area (Å²) < 4.78 is 0. The van der Waals surface area contributed by atoms with E-state index in [-0.39, 0.29) is 6.61 Å². The zero-order valence-corrected chi connectivity index (χ0v) is 12.1. The van der Waals surface area contributed by atoms with Gasteiger partial charge in [0.25, 0.3) is 0 Å². The molecule has 20 heavy (non-hydrogen) atoms. The van der Waals surface area contributed by atoms with E-state index in [0.717, 1.165) is 17.2 Å². The zero-order chi connectivity index (χ0) is 13.8. The summed E-state index contributed by atoms with van der Waals surface area (Å²) in [6, 6.07) is 9.38. The van der Waals surface area contributed by atoms with Crippen molar-refractivity contribution >= 4 is 5.69 Å². The van der Waals surface area contributed by atoms with Crippen LogP contribution < -0.4 is 10.6 Å². The van der Waals surface area contributed by atoms with Crippen LogP contribution in [0.15, 0.2) is 24.3 Å². The number of benzene rings is 1. The number of hydrogen-bond acceptors (Lipinski definition) is 3. The van der Waals surface area contributed by atoms with Crippen molar-refractivity contribution < 1.29 is 5.11 Å². The normalized spacial score (nSPS) is 30.4. The van der Waals surface area contributed by atoms with E-state index < -0.39 is 0 Å². The molecule has 0 bridgehead atoms. The molecule has 2 fully saturated rings. The Morgan fingerprint density at radius 2 is 1.95 bits per heavy atom. The third kappa shape index (κ3) is 2.99. The third-order valence-electron chi connectivity index (χ3n) is 4.96.